The molecule has 0 aliphatic rings. The fourth-order valence-corrected chi connectivity index (χ4v) is 1.23. The molecule has 0 fully saturated rings. The highest BCUT2D eigenvalue weighted by molar-refractivity contribution is 9.10. The zero-order valence-corrected chi connectivity index (χ0v) is 10.9. The van der Waals surface area contributed by atoms with Crippen LogP contribution in [0.2, 0.25) is 0 Å². The van der Waals surface area contributed by atoms with Gasteiger partial charge in [0.1, 0.15) is 9.21 Å². The van der Waals surface area contributed by atoms with Crippen LogP contribution in [0.3, 0.4) is 0 Å². The van der Waals surface area contributed by atoms with E-state index in [1.54, 1.807) is 12.4 Å². The van der Waals surface area contributed by atoms with E-state index < -0.39 is 0 Å². The Balaban J connectivity index is 0.000000245. The van der Waals surface area contributed by atoms with Crippen molar-refractivity contribution in [2.24, 2.45) is 0 Å². The standard InChI is InChI=1S/2C5H4BrN.N/c2*6-5-3-1-2-4-7-5;/h2*1-4H;. The maximum Gasteiger partial charge on any atom is 0.106 e. The van der Waals surface area contributed by atoms with Gasteiger partial charge in [0.25, 0.3) is 0 Å². The Bertz CT molecular complexity index is 316. The maximum absolute atomic E-state index is 3.90. The van der Waals surface area contributed by atoms with Crippen molar-refractivity contribution in [1.29, 1.82) is 0 Å². The summed E-state index contributed by atoms with van der Waals surface area (Å²) >= 11 is 6.40. The number of pyridine rings is 2. The number of hydrogen-bond donors (Lipinski definition) is 0. The summed E-state index contributed by atoms with van der Waals surface area (Å²) in [4.78, 5) is 7.79. The summed E-state index contributed by atoms with van der Waals surface area (Å²) in [5.41, 5.74) is 0. The van der Waals surface area contributed by atoms with Gasteiger partial charge in [-0.3, -0.25) is 0 Å². The average Bonchev–Trinajstić information content (AvgIpc) is 2.21. The van der Waals surface area contributed by atoms with E-state index in [-0.39, 0.29) is 6.15 Å². The summed E-state index contributed by atoms with van der Waals surface area (Å²) in [6.45, 7) is 0. The van der Waals surface area contributed by atoms with Crippen LogP contribution in [0.15, 0.2) is 58.0 Å². The average molecular weight is 330 g/mol. The van der Waals surface area contributed by atoms with Crippen LogP contribution in [-0.2, 0) is 0 Å². The fraction of sp³-hybridized carbons (Fsp3) is 0. The number of aromatic nitrogens is 2. The van der Waals surface area contributed by atoms with Gasteiger partial charge < -0.3 is 0 Å². The van der Waals surface area contributed by atoms with Crippen LogP contribution >= 0.6 is 31.9 Å². The van der Waals surface area contributed by atoms with Crippen molar-refractivity contribution in [2.45, 2.75) is 0 Å². The maximum atomic E-state index is 3.90. The minimum Gasteiger partial charge on any atom is -0.249 e. The van der Waals surface area contributed by atoms with Crippen molar-refractivity contribution >= 4 is 31.9 Å². The molecule has 5 heteroatoms. The SMILES string of the molecule is Brc1ccccn1.Brc1ccccn1.[N]. The molecular formula is C10H8Br2N3. The molecule has 0 saturated heterocycles. The quantitative estimate of drug-likeness (QED) is 0.697. The third-order valence-electron chi connectivity index (χ3n) is 1.26. The van der Waals surface area contributed by atoms with Crippen molar-refractivity contribution < 1.29 is 0 Å². The van der Waals surface area contributed by atoms with Crippen LogP contribution in [0, 0.1) is 0 Å². The summed E-state index contributed by atoms with van der Waals surface area (Å²) in [6, 6.07) is 11.4. The topological polar surface area (TPSA) is 56.3 Å². The Hall–Kier alpha value is -0.780. The molecule has 0 aliphatic carbocycles. The number of rotatable bonds is 0. The lowest BCUT2D eigenvalue weighted by molar-refractivity contribution is 1.28. The molecule has 0 N–H and O–H groups in total. The van der Waals surface area contributed by atoms with Gasteiger partial charge in [0.2, 0.25) is 0 Å². The molecule has 2 aromatic heterocycles. The van der Waals surface area contributed by atoms with Gasteiger partial charge in [0.05, 0.1) is 0 Å². The second-order valence-corrected chi connectivity index (χ2v) is 3.93. The van der Waals surface area contributed by atoms with Crippen molar-refractivity contribution in [3.63, 3.8) is 0 Å². The lowest BCUT2D eigenvalue weighted by Gasteiger charge is -1.80. The lowest BCUT2D eigenvalue weighted by Crippen LogP contribution is -1.66. The highest BCUT2D eigenvalue weighted by atomic mass is 79.9. The van der Waals surface area contributed by atoms with Crippen molar-refractivity contribution in [3.8, 4) is 0 Å². The minimum atomic E-state index is 0. The summed E-state index contributed by atoms with van der Waals surface area (Å²) < 4.78 is 1.77. The third kappa shape index (κ3) is 7.18. The van der Waals surface area contributed by atoms with E-state index in [2.05, 4.69) is 41.8 Å². The van der Waals surface area contributed by atoms with E-state index in [1.807, 2.05) is 36.4 Å². The molecule has 0 atom stereocenters. The van der Waals surface area contributed by atoms with Gasteiger partial charge in [0.15, 0.2) is 0 Å². The number of nitrogens with zero attached hydrogens (tertiary/aromatic N) is 3. The van der Waals surface area contributed by atoms with E-state index in [1.165, 1.54) is 0 Å². The molecule has 2 aromatic rings. The molecule has 0 amide bonds. The predicted molar refractivity (Wildman–Crippen MR) is 66.0 cm³/mol. The summed E-state index contributed by atoms with van der Waals surface area (Å²) in [7, 11) is 0. The zero-order chi connectivity index (χ0) is 10.2. The third-order valence-corrected chi connectivity index (χ3v) is 2.20. The van der Waals surface area contributed by atoms with Crippen molar-refractivity contribution in [3.05, 3.63) is 58.0 Å². The van der Waals surface area contributed by atoms with Gasteiger partial charge in [-0.15, -0.1) is 0 Å². The van der Waals surface area contributed by atoms with E-state index in [4.69, 9.17) is 0 Å². The zero-order valence-electron chi connectivity index (χ0n) is 7.72. The lowest BCUT2D eigenvalue weighted by atomic mass is 10.5. The van der Waals surface area contributed by atoms with Crippen LogP contribution in [0.1, 0.15) is 0 Å². The van der Waals surface area contributed by atoms with Crippen LogP contribution in [0.25, 0.3) is 0 Å². The fourth-order valence-electron chi connectivity index (χ4n) is 0.684. The van der Waals surface area contributed by atoms with Crippen LogP contribution in [0.4, 0.5) is 0 Å². The summed E-state index contributed by atoms with van der Waals surface area (Å²) in [5.74, 6) is 0. The molecule has 77 valence electrons. The molecule has 0 aromatic carbocycles. The normalized spacial score (nSPS) is 8.13. The molecule has 2 rings (SSSR count). The van der Waals surface area contributed by atoms with Crippen LogP contribution < -0.4 is 6.15 Å². The second-order valence-electron chi connectivity index (χ2n) is 2.30. The molecule has 0 spiro atoms. The largest absolute Gasteiger partial charge is 0.249 e. The second kappa shape index (κ2) is 8.52. The van der Waals surface area contributed by atoms with Gasteiger partial charge in [-0.25, -0.2) is 9.97 Å². The van der Waals surface area contributed by atoms with Crippen molar-refractivity contribution in [2.75, 3.05) is 0 Å². The number of halogens is 2. The molecule has 15 heavy (non-hydrogen) atoms. The molecule has 3 nitrogen and oxygen atoms in total. The Morgan fingerprint density at radius 3 is 1.27 bits per heavy atom. The molecular weight excluding hydrogens is 322 g/mol. The van der Waals surface area contributed by atoms with E-state index in [9.17, 15) is 0 Å². The number of hydrogen-bond acceptors (Lipinski definition) is 2. The van der Waals surface area contributed by atoms with Gasteiger partial charge in [-0.2, -0.15) is 0 Å². The van der Waals surface area contributed by atoms with Gasteiger partial charge in [-0.05, 0) is 56.1 Å². The highest BCUT2D eigenvalue weighted by Gasteiger charge is 1.76. The first kappa shape index (κ1) is 14.2. The van der Waals surface area contributed by atoms with Crippen molar-refractivity contribution in [1.82, 2.24) is 16.1 Å². The molecule has 0 saturated carbocycles. The smallest absolute Gasteiger partial charge is 0.106 e. The summed E-state index contributed by atoms with van der Waals surface area (Å²) in [5, 5.41) is 0. The Kier molecular flexibility index (Phi) is 8.08. The van der Waals surface area contributed by atoms with Gasteiger partial charge in [0, 0.05) is 18.5 Å². The monoisotopic (exact) mass is 328 g/mol. The van der Waals surface area contributed by atoms with Gasteiger partial charge in [-0.1, -0.05) is 12.1 Å². The molecule has 0 unspecified atom stereocenters. The molecule has 2 heterocycles. The van der Waals surface area contributed by atoms with E-state index in [0.29, 0.717) is 0 Å². The highest BCUT2D eigenvalue weighted by Crippen LogP contribution is 2.00. The molecule has 0 aliphatic heterocycles. The first-order chi connectivity index (χ1) is 6.79. The first-order valence-corrected chi connectivity index (χ1v) is 5.50. The van der Waals surface area contributed by atoms with E-state index >= 15 is 0 Å². The Morgan fingerprint density at radius 2 is 1.13 bits per heavy atom. The Morgan fingerprint density at radius 1 is 0.733 bits per heavy atom. The predicted octanol–water partition coefficient (Wildman–Crippen LogP) is 3.21. The first-order valence-electron chi connectivity index (χ1n) is 3.92. The molecule has 0 bridgehead atoms. The van der Waals surface area contributed by atoms with E-state index in [0.717, 1.165) is 9.21 Å². The minimum absolute atomic E-state index is 0. The van der Waals surface area contributed by atoms with Crippen LogP contribution in [0.5, 0.6) is 0 Å². The summed E-state index contributed by atoms with van der Waals surface area (Å²) in [6.07, 6.45) is 3.48. The van der Waals surface area contributed by atoms with Crippen LogP contribution in [-0.4, -0.2) is 9.97 Å². The van der Waals surface area contributed by atoms with Gasteiger partial charge >= 0.3 is 0 Å². The molecule has 3 radical (unpaired) electrons. The Labute approximate surface area is 106 Å².